The first-order valence-electron chi connectivity index (χ1n) is 11.1. The van der Waals surface area contributed by atoms with Crippen LogP contribution in [0.5, 0.6) is 0 Å². The maximum atomic E-state index is 11.7. The number of piperidine rings is 1. The number of halogens is 1. The Bertz CT molecular complexity index is 654. The van der Waals surface area contributed by atoms with Crippen LogP contribution in [0.15, 0.2) is 11.4 Å². The SMILES string of the molecule is CCCCN(C(=O)O)C1CCN(CC(c2csc(Cl)c2)C2(O)CCCCC2)CC1. The Hall–Kier alpha value is -0.820. The summed E-state index contributed by atoms with van der Waals surface area (Å²) < 4.78 is 0.774. The lowest BCUT2D eigenvalue weighted by Gasteiger charge is -2.43. The van der Waals surface area contributed by atoms with Gasteiger partial charge in [0.2, 0.25) is 0 Å². The molecule has 2 aliphatic rings. The highest BCUT2D eigenvalue weighted by molar-refractivity contribution is 7.14. The van der Waals surface area contributed by atoms with Gasteiger partial charge < -0.3 is 20.0 Å². The minimum Gasteiger partial charge on any atom is -0.465 e. The molecule has 1 aromatic rings. The molecule has 1 saturated heterocycles. The molecule has 164 valence electrons. The van der Waals surface area contributed by atoms with E-state index in [0.29, 0.717) is 6.54 Å². The molecule has 1 amide bonds. The molecule has 3 rings (SSSR count). The van der Waals surface area contributed by atoms with Crippen LogP contribution in [0.4, 0.5) is 4.79 Å². The van der Waals surface area contributed by atoms with Gasteiger partial charge in [0.25, 0.3) is 0 Å². The van der Waals surface area contributed by atoms with Crippen molar-refractivity contribution >= 4 is 29.0 Å². The fourth-order valence-corrected chi connectivity index (χ4v) is 5.98. The summed E-state index contributed by atoms with van der Waals surface area (Å²) in [7, 11) is 0. The Balaban J connectivity index is 1.64. The van der Waals surface area contributed by atoms with Crippen LogP contribution in [0.1, 0.15) is 76.2 Å². The van der Waals surface area contributed by atoms with Gasteiger partial charge in [-0.2, -0.15) is 0 Å². The van der Waals surface area contributed by atoms with E-state index in [1.807, 2.05) is 6.07 Å². The molecule has 29 heavy (non-hydrogen) atoms. The van der Waals surface area contributed by atoms with E-state index in [9.17, 15) is 15.0 Å². The number of unbranched alkanes of at least 4 members (excludes halogenated alkanes) is 1. The summed E-state index contributed by atoms with van der Waals surface area (Å²) in [5, 5.41) is 23.2. The fraction of sp³-hybridized carbons (Fsp3) is 0.773. The predicted octanol–water partition coefficient (Wildman–Crippen LogP) is 5.42. The molecule has 1 aliphatic carbocycles. The third-order valence-corrected chi connectivity index (χ3v) is 7.90. The van der Waals surface area contributed by atoms with Crippen molar-refractivity contribution in [2.45, 2.75) is 82.3 Å². The Labute approximate surface area is 183 Å². The number of likely N-dealkylation sites (tertiary alicyclic amines) is 1. The minimum absolute atomic E-state index is 0.0683. The van der Waals surface area contributed by atoms with Crippen molar-refractivity contribution in [2.75, 3.05) is 26.2 Å². The van der Waals surface area contributed by atoms with E-state index < -0.39 is 11.7 Å². The molecule has 0 radical (unpaired) electrons. The average Bonchev–Trinajstić information content (AvgIpc) is 3.13. The summed E-state index contributed by atoms with van der Waals surface area (Å²) in [5.41, 5.74) is 0.495. The van der Waals surface area contributed by atoms with E-state index in [1.165, 1.54) is 17.8 Å². The van der Waals surface area contributed by atoms with Crippen molar-refractivity contribution in [3.63, 3.8) is 0 Å². The predicted molar refractivity (Wildman–Crippen MR) is 119 cm³/mol. The zero-order chi connectivity index (χ0) is 20.9. The standard InChI is InChI=1S/C22H35ClN2O3S/c1-2-3-11-25(21(26)27)18-7-12-24(13-8-18)15-19(17-14-20(23)29-16-17)22(28)9-5-4-6-10-22/h14,16,18-19,28H,2-13,15H2,1H3,(H,26,27). The molecule has 5 nitrogen and oxygen atoms in total. The van der Waals surface area contributed by atoms with E-state index in [2.05, 4.69) is 17.2 Å². The van der Waals surface area contributed by atoms with E-state index in [0.717, 1.165) is 80.9 Å². The molecule has 7 heteroatoms. The molecule has 2 heterocycles. The lowest BCUT2D eigenvalue weighted by atomic mass is 9.73. The monoisotopic (exact) mass is 442 g/mol. The minimum atomic E-state index is -0.792. The van der Waals surface area contributed by atoms with Gasteiger partial charge in [-0.05, 0) is 49.1 Å². The van der Waals surface area contributed by atoms with Crippen LogP contribution in [0.3, 0.4) is 0 Å². The topological polar surface area (TPSA) is 64.0 Å². The molecular formula is C22H35ClN2O3S. The number of amides is 1. The summed E-state index contributed by atoms with van der Waals surface area (Å²) in [4.78, 5) is 15.7. The van der Waals surface area contributed by atoms with Crippen LogP contribution in [0.2, 0.25) is 4.34 Å². The fourth-order valence-electron chi connectivity index (χ4n) is 5.04. The molecule has 0 bridgehead atoms. The first-order valence-corrected chi connectivity index (χ1v) is 12.4. The summed E-state index contributed by atoms with van der Waals surface area (Å²) in [6.45, 7) is 5.30. The van der Waals surface area contributed by atoms with Gasteiger partial charge in [0.15, 0.2) is 0 Å². The molecule has 0 aromatic carbocycles. The molecule has 2 fully saturated rings. The van der Waals surface area contributed by atoms with E-state index in [1.54, 1.807) is 4.90 Å². The molecule has 1 aliphatic heterocycles. The highest BCUT2D eigenvalue weighted by atomic mass is 35.5. The highest BCUT2D eigenvalue weighted by Gasteiger charge is 2.40. The second kappa shape index (κ2) is 10.5. The number of rotatable bonds is 8. The van der Waals surface area contributed by atoms with E-state index >= 15 is 0 Å². The Morgan fingerprint density at radius 2 is 2.03 bits per heavy atom. The van der Waals surface area contributed by atoms with Crippen molar-refractivity contribution in [3.05, 3.63) is 21.3 Å². The molecular weight excluding hydrogens is 408 g/mol. The normalized spacial score (nSPS) is 21.8. The summed E-state index contributed by atoms with van der Waals surface area (Å²) >= 11 is 7.76. The van der Waals surface area contributed by atoms with E-state index in [4.69, 9.17) is 11.6 Å². The molecule has 1 unspecified atom stereocenters. The van der Waals surface area contributed by atoms with Gasteiger partial charge in [-0.1, -0.05) is 44.2 Å². The number of hydrogen-bond donors (Lipinski definition) is 2. The maximum absolute atomic E-state index is 11.7. The van der Waals surface area contributed by atoms with Gasteiger partial charge in [0.05, 0.1) is 9.94 Å². The Morgan fingerprint density at radius 3 is 2.59 bits per heavy atom. The quantitative estimate of drug-likeness (QED) is 0.563. The molecule has 2 N–H and O–H groups in total. The number of carboxylic acid groups (broad SMARTS) is 1. The summed E-state index contributed by atoms with van der Waals surface area (Å²) in [5.74, 6) is 0.0683. The number of aliphatic hydroxyl groups is 1. The van der Waals surface area contributed by atoms with E-state index in [-0.39, 0.29) is 12.0 Å². The third kappa shape index (κ3) is 5.87. The van der Waals surface area contributed by atoms with Crippen LogP contribution >= 0.6 is 22.9 Å². The van der Waals surface area contributed by atoms with Crippen LogP contribution in [0.25, 0.3) is 0 Å². The Kier molecular flexibility index (Phi) is 8.25. The summed E-state index contributed by atoms with van der Waals surface area (Å²) in [6, 6.07) is 2.13. The van der Waals surface area contributed by atoms with Crippen LogP contribution < -0.4 is 0 Å². The molecule has 1 saturated carbocycles. The first-order chi connectivity index (χ1) is 13.9. The van der Waals surface area contributed by atoms with Crippen molar-refractivity contribution < 1.29 is 15.0 Å². The average molecular weight is 443 g/mol. The largest absolute Gasteiger partial charge is 0.465 e. The van der Waals surface area contributed by atoms with Crippen LogP contribution in [0, 0.1) is 0 Å². The lowest BCUT2D eigenvalue weighted by molar-refractivity contribution is -0.0336. The summed E-state index contributed by atoms with van der Waals surface area (Å²) in [6.07, 6.45) is 7.93. The van der Waals surface area contributed by atoms with Gasteiger partial charge in [0, 0.05) is 38.1 Å². The van der Waals surface area contributed by atoms with Crippen molar-refractivity contribution in [1.82, 2.24) is 9.80 Å². The van der Waals surface area contributed by atoms with Gasteiger partial charge in [0.1, 0.15) is 0 Å². The van der Waals surface area contributed by atoms with Gasteiger partial charge in [-0.15, -0.1) is 11.3 Å². The molecule has 1 aromatic heterocycles. The number of thiophene rings is 1. The van der Waals surface area contributed by atoms with Gasteiger partial charge in [-0.3, -0.25) is 0 Å². The number of hydrogen-bond acceptors (Lipinski definition) is 4. The Morgan fingerprint density at radius 1 is 1.34 bits per heavy atom. The number of carbonyl (C=O) groups is 1. The second-order valence-corrected chi connectivity index (χ2v) is 10.3. The lowest BCUT2D eigenvalue weighted by Crippen LogP contribution is -2.50. The van der Waals surface area contributed by atoms with Crippen molar-refractivity contribution in [3.8, 4) is 0 Å². The second-order valence-electron chi connectivity index (χ2n) is 8.76. The van der Waals surface area contributed by atoms with Gasteiger partial charge >= 0.3 is 6.09 Å². The zero-order valence-corrected chi connectivity index (χ0v) is 19.1. The van der Waals surface area contributed by atoms with Crippen LogP contribution in [-0.2, 0) is 0 Å². The smallest absolute Gasteiger partial charge is 0.407 e. The zero-order valence-electron chi connectivity index (χ0n) is 17.5. The molecule has 0 spiro atoms. The first kappa shape index (κ1) is 22.9. The molecule has 1 atom stereocenters. The number of nitrogens with zero attached hydrogens (tertiary/aromatic N) is 2. The highest BCUT2D eigenvalue weighted by Crippen LogP contribution is 2.42. The van der Waals surface area contributed by atoms with Crippen LogP contribution in [-0.4, -0.2) is 63.9 Å². The third-order valence-electron chi connectivity index (χ3n) is 6.80. The van der Waals surface area contributed by atoms with Gasteiger partial charge in [-0.25, -0.2) is 4.79 Å². The van der Waals surface area contributed by atoms with Crippen molar-refractivity contribution in [2.24, 2.45) is 0 Å². The maximum Gasteiger partial charge on any atom is 0.407 e. The van der Waals surface area contributed by atoms with Crippen molar-refractivity contribution in [1.29, 1.82) is 0 Å².